The van der Waals surface area contributed by atoms with Gasteiger partial charge in [0.25, 0.3) is 0 Å². The molecule has 0 saturated heterocycles. The minimum Gasteiger partial charge on any atom is -0.496 e. The molecule has 0 aliphatic rings. The molecule has 2 rings (SSSR count). The van der Waals surface area contributed by atoms with E-state index in [2.05, 4.69) is 26.2 Å². The molecule has 4 nitrogen and oxygen atoms in total. The fourth-order valence-corrected chi connectivity index (χ4v) is 2.89. The van der Waals surface area contributed by atoms with Gasteiger partial charge in [0.05, 0.1) is 17.4 Å². The molecule has 0 spiro atoms. The van der Waals surface area contributed by atoms with Gasteiger partial charge in [-0.25, -0.2) is 4.98 Å². The van der Waals surface area contributed by atoms with Gasteiger partial charge in [0.2, 0.25) is 5.91 Å². The second-order valence-corrected chi connectivity index (χ2v) is 6.88. The van der Waals surface area contributed by atoms with Crippen LogP contribution in [0.2, 0.25) is 0 Å². The van der Waals surface area contributed by atoms with Gasteiger partial charge in [-0.05, 0) is 41.1 Å². The molecule has 0 saturated carbocycles. The van der Waals surface area contributed by atoms with Crippen LogP contribution in [0, 0.1) is 0 Å². The molecule has 22 heavy (non-hydrogen) atoms. The van der Waals surface area contributed by atoms with E-state index in [-0.39, 0.29) is 11.2 Å². The summed E-state index contributed by atoms with van der Waals surface area (Å²) in [6.45, 7) is 2.31. The number of pyridine rings is 1. The number of hydrogen-bond donors (Lipinski definition) is 1. The van der Waals surface area contributed by atoms with Gasteiger partial charge in [-0.15, -0.1) is 0 Å². The van der Waals surface area contributed by atoms with Crippen LogP contribution < -0.4 is 10.1 Å². The van der Waals surface area contributed by atoms with Crippen LogP contribution in [0.1, 0.15) is 12.5 Å². The lowest BCUT2D eigenvalue weighted by atomic mass is 10.2. The van der Waals surface area contributed by atoms with Crippen LogP contribution >= 0.6 is 27.7 Å². The zero-order valence-corrected chi connectivity index (χ0v) is 14.8. The van der Waals surface area contributed by atoms with Crippen LogP contribution in [0.25, 0.3) is 0 Å². The minimum atomic E-state index is -0.219. The Morgan fingerprint density at radius 1 is 1.36 bits per heavy atom. The third kappa shape index (κ3) is 4.74. The van der Waals surface area contributed by atoms with Gasteiger partial charge < -0.3 is 10.1 Å². The van der Waals surface area contributed by atoms with Crippen LogP contribution in [0.15, 0.2) is 52.1 Å². The summed E-state index contributed by atoms with van der Waals surface area (Å²) in [7, 11) is 1.62. The summed E-state index contributed by atoms with van der Waals surface area (Å²) in [6, 6.07) is 11.4. The Kier molecular flexibility index (Phi) is 6.27. The summed E-state index contributed by atoms with van der Waals surface area (Å²) < 4.78 is 6.20. The van der Waals surface area contributed by atoms with Crippen molar-refractivity contribution in [2.24, 2.45) is 0 Å². The molecule has 0 radical (unpaired) electrons. The zero-order chi connectivity index (χ0) is 15.9. The standard InChI is InChI=1S/C16H17BrN2O2S/c1-11(22-15-8-7-13(17)10-18-15)16(20)19-9-12-5-3-4-6-14(12)21-2/h3-8,10-11H,9H2,1-2H3,(H,19,20). The number of rotatable bonds is 6. The zero-order valence-electron chi connectivity index (χ0n) is 12.4. The molecule has 0 aliphatic carbocycles. The third-order valence-corrected chi connectivity index (χ3v) is 4.53. The van der Waals surface area contributed by atoms with Crippen molar-refractivity contribution in [2.75, 3.05) is 7.11 Å². The number of ether oxygens (including phenoxy) is 1. The van der Waals surface area contributed by atoms with Crippen LogP contribution in [0.4, 0.5) is 0 Å². The van der Waals surface area contributed by atoms with E-state index in [4.69, 9.17) is 4.74 Å². The SMILES string of the molecule is COc1ccccc1CNC(=O)C(C)Sc1ccc(Br)cn1. The van der Waals surface area contributed by atoms with E-state index in [0.717, 1.165) is 20.8 Å². The average Bonchev–Trinajstić information content (AvgIpc) is 2.54. The monoisotopic (exact) mass is 380 g/mol. The lowest BCUT2D eigenvalue weighted by Crippen LogP contribution is -2.30. The highest BCUT2D eigenvalue weighted by atomic mass is 79.9. The second-order valence-electron chi connectivity index (χ2n) is 4.60. The summed E-state index contributed by atoms with van der Waals surface area (Å²) in [5.74, 6) is 0.748. The fourth-order valence-electron chi connectivity index (χ4n) is 1.84. The number of aromatic nitrogens is 1. The van der Waals surface area contributed by atoms with Crippen molar-refractivity contribution < 1.29 is 9.53 Å². The van der Waals surface area contributed by atoms with E-state index in [9.17, 15) is 4.79 Å². The molecule has 116 valence electrons. The lowest BCUT2D eigenvalue weighted by Gasteiger charge is -2.13. The van der Waals surface area contributed by atoms with Crippen molar-refractivity contribution >= 4 is 33.6 Å². The van der Waals surface area contributed by atoms with Crippen LogP contribution in [-0.4, -0.2) is 23.3 Å². The highest BCUT2D eigenvalue weighted by Crippen LogP contribution is 2.23. The normalized spacial score (nSPS) is 11.8. The summed E-state index contributed by atoms with van der Waals surface area (Å²) in [4.78, 5) is 16.4. The molecule has 1 N–H and O–H groups in total. The molecule has 0 fully saturated rings. The Morgan fingerprint density at radius 2 is 2.14 bits per heavy atom. The number of para-hydroxylation sites is 1. The maximum atomic E-state index is 12.2. The number of hydrogen-bond acceptors (Lipinski definition) is 4. The number of carbonyl (C=O) groups excluding carboxylic acids is 1. The molecule has 1 heterocycles. The van der Waals surface area contributed by atoms with Gasteiger partial charge in [0, 0.05) is 22.8 Å². The van der Waals surface area contributed by atoms with Crippen molar-refractivity contribution in [1.29, 1.82) is 0 Å². The first-order chi connectivity index (χ1) is 10.6. The summed E-state index contributed by atoms with van der Waals surface area (Å²) in [5.41, 5.74) is 0.956. The molecule has 1 unspecified atom stereocenters. The maximum absolute atomic E-state index is 12.2. The highest BCUT2D eigenvalue weighted by Gasteiger charge is 2.15. The first-order valence-electron chi connectivity index (χ1n) is 6.78. The number of carbonyl (C=O) groups is 1. The van der Waals surface area contributed by atoms with Gasteiger partial charge in [-0.1, -0.05) is 30.0 Å². The Labute approximate surface area is 142 Å². The van der Waals surface area contributed by atoms with E-state index in [0.29, 0.717) is 6.54 Å². The molecular weight excluding hydrogens is 364 g/mol. The Hall–Kier alpha value is -1.53. The number of thioether (sulfide) groups is 1. The minimum absolute atomic E-state index is 0.0272. The van der Waals surface area contributed by atoms with E-state index in [1.807, 2.05) is 43.3 Å². The molecule has 2 aromatic rings. The number of benzene rings is 1. The van der Waals surface area contributed by atoms with Crippen molar-refractivity contribution in [3.05, 3.63) is 52.6 Å². The average molecular weight is 381 g/mol. The largest absolute Gasteiger partial charge is 0.496 e. The van der Waals surface area contributed by atoms with Crippen LogP contribution in [0.5, 0.6) is 5.75 Å². The van der Waals surface area contributed by atoms with Crippen molar-refractivity contribution in [2.45, 2.75) is 23.7 Å². The predicted molar refractivity (Wildman–Crippen MR) is 92.1 cm³/mol. The molecule has 0 aliphatic heterocycles. The van der Waals surface area contributed by atoms with Crippen LogP contribution in [-0.2, 0) is 11.3 Å². The van der Waals surface area contributed by atoms with Gasteiger partial charge in [-0.3, -0.25) is 4.79 Å². The third-order valence-electron chi connectivity index (χ3n) is 3.01. The second kappa shape index (κ2) is 8.19. The topological polar surface area (TPSA) is 51.2 Å². The summed E-state index contributed by atoms with van der Waals surface area (Å²) >= 11 is 4.77. The first kappa shape index (κ1) is 16.8. The Bertz CT molecular complexity index is 634. The highest BCUT2D eigenvalue weighted by molar-refractivity contribution is 9.10. The fraction of sp³-hybridized carbons (Fsp3) is 0.250. The van der Waals surface area contributed by atoms with E-state index < -0.39 is 0 Å². The number of nitrogens with one attached hydrogen (secondary N) is 1. The molecule has 1 atom stereocenters. The quantitative estimate of drug-likeness (QED) is 0.777. The van der Waals surface area contributed by atoms with Gasteiger partial charge in [0.15, 0.2) is 0 Å². The molecule has 6 heteroatoms. The number of nitrogens with zero attached hydrogens (tertiary/aromatic N) is 1. The lowest BCUT2D eigenvalue weighted by molar-refractivity contribution is -0.120. The number of methoxy groups -OCH3 is 1. The Morgan fingerprint density at radius 3 is 2.82 bits per heavy atom. The van der Waals surface area contributed by atoms with Crippen LogP contribution in [0.3, 0.4) is 0 Å². The number of halogens is 1. The van der Waals surface area contributed by atoms with Crippen molar-refractivity contribution in [3.8, 4) is 5.75 Å². The molecule has 1 amide bonds. The van der Waals surface area contributed by atoms with E-state index >= 15 is 0 Å². The summed E-state index contributed by atoms with van der Waals surface area (Å²) in [6.07, 6.45) is 1.72. The molecular formula is C16H17BrN2O2S. The predicted octanol–water partition coefficient (Wildman–Crippen LogP) is 3.65. The maximum Gasteiger partial charge on any atom is 0.233 e. The van der Waals surface area contributed by atoms with Gasteiger partial charge >= 0.3 is 0 Å². The smallest absolute Gasteiger partial charge is 0.233 e. The Balaban J connectivity index is 1.90. The molecule has 0 bridgehead atoms. The van der Waals surface area contributed by atoms with Gasteiger partial charge in [0.1, 0.15) is 5.75 Å². The summed E-state index contributed by atoms with van der Waals surface area (Å²) in [5, 5.41) is 3.53. The first-order valence-corrected chi connectivity index (χ1v) is 8.45. The van der Waals surface area contributed by atoms with E-state index in [1.54, 1.807) is 13.3 Å². The van der Waals surface area contributed by atoms with Crippen molar-refractivity contribution in [1.82, 2.24) is 10.3 Å². The molecule has 1 aromatic heterocycles. The van der Waals surface area contributed by atoms with E-state index in [1.165, 1.54) is 11.8 Å². The van der Waals surface area contributed by atoms with Gasteiger partial charge in [-0.2, -0.15) is 0 Å². The number of amides is 1. The van der Waals surface area contributed by atoms with Crippen molar-refractivity contribution in [3.63, 3.8) is 0 Å². The molecule has 1 aromatic carbocycles.